The quantitative estimate of drug-likeness (QED) is 0.472. The van der Waals surface area contributed by atoms with Crippen LogP contribution >= 0.6 is 0 Å². The van der Waals surface area contributed by atoms with Gasteiger partial charge in [0, 0.05) is 30.9 Å². The van der Waals surface area contributed by atoms with E-state index in [2.05, 4.69) is 40.7 Å². The van der Waals surface area contributed by atoms with E-state index in [0.29, 0.717) is 12.1 Å². The molecule has 0 radical (unpaired) electrons. The third-order valence-electron chi connectivity index (χ3n) is 9.70. The van der Waals surface area contributed by atoms with Crippen LogP contribution in [-0.4, -0.2) is 52.5 Å². The summed E-state index contributed by atoms with van der Waals surface area (Å²) in [6, 6.07) is 2.71. The van der Waals surface area contributed by atoms with Crippen molar-refractivity contribution in [1.29, 1.82) is 0 Å². The lowest BCUT2D eigenvalue weighted by Crippen LogP contribution is -2.40. The maximum absolute atomic E-state index is 5.90. The summed E-state index contributed by atoms with van der Waals surface area (Å²) in [5.74, 6) is 3.54. The van der Waals surface area contributed by atoms with Crippen molar-refractivity contribution >= 4 is 10.9 Å². The van der Waals surface area contributed by atoms with Crippen LogP contribution in [0.15, 0.2) is 18.5 Å². The van der Waals surface area contributed by atoms with E-state index in [9.17, 15) is 0 Å². The molecule has 3 fully saturated rings. The first-order chi connectivity index (χ1) is 17.1. The minimum Gasteiger partial charge on any atom is -0.381 e. The number of hydrogen-bond donors (Lipinski definition) is 0. The smallest absolute Gasteiger partial charge is 0.111 e. The molecular formula is C30H48N4O. The van der Waals surface area contributed by atoms with Crippen LogP contribution in [0.25, 0.3) is 10.9 Å². The van der Waals surface area contributed by atoms with Crippen LogP contribution in [0.1, 0.15) is 95.7 Å². The number of nitrogens with zero attached hydrogens (tertiary/aromatic N) is 4. The van der Waals surface area contributed by atoms with Gasteiger partial charge in [-0.3, -0.25) is 9.67 Å². The maximum atomic E-state index is 5.90. The Hall–Kier alpha value is -1.46. The third kappa shape index (κ3) is 6.46. The van der Waals surface area contributed by atoms with E-state index in [1.807, 2.05) is 13.3 Å². The first kappa shape index (κ1) is 25.2. The number of aryl methyl sites for hydroxylation is 1. The highest BCUT2D eigenvalue weighted by Gasteiger charge is 2.31. The van der Waals surface area contributed by atoms with Gasteiger partial charge in [-0.15, -0.1) is 0 Å². The Labute approximate surface area is 213 Å². The molecule has 2 aliphatic carbocycles. The Morgan fingerprint density at radius 2 is 1.74 bits per heavy atom. The number of pyridine rings is 1. The third-order valence-corrected chi connectivity index (χ3v) is 9.70. The van der Waals surface area contributed by atoms with Gasteiger partial charge < -0.3 is 9.64 Å². The van der Waals surface area contributed by atoms with Crippen molar-refractivity contribution in [3.63, 3.8) is 0 Å². The second kappa shape index (κ2) is 11.7. The molecule has 0 amide bonds. The van der Waals surface area contributed by atoms with Gasteiger partial charge in [-0.1, -0.05) is 26.2 Å². The van der Waals surface area contributed by atoms with Crippen molar-refractivity contribution in [3.8, 4) is 0 Å². The van der Waals surface area contributed by atoms with E-state index in [1.54, 1.807) is 0 Å². The summed E-state index contributed by atoms with van der Waals surface area (Å²) < 4.78 is 8.14. The van der Waals surface area contributed by atoms with E-state index in [-0.39, 0.29) is 0 Å². The van der Waals surface area contributed by atoms with Crippen molar-refractivity contribution in [2.75, 3.05) is 26.7 Å². The van der Waals surface area contributed by atoms with Crippen molar-refractivity contribution in [2.24, 2.45) is 23.7 Å². The highest BCUT2D eigenvalue weighted by Crippen LogP contribution is 2.37. The summed E-state index contributed by atoms with van der Waals surface area (Å²) in [5.41, 5.74) is 2.11. The Balaban J connectivity index is 1.08. The van der Waals surface area contributed by atoms with Gasteiger partial charge in [0.05, 0.1) is 18.3 Å². The average molecular weight is 481 g/mol. The molecule has 3 atom stereocenters. The highest BCUT2D eigenvalue weighted by atomic mass is 16.5. The highest BCUT2D eigenvalue weighted by molar-refractivity contribution is 5.77. The molecule has 5 heteroatoms. The van der Waals surface area contributed by atoms with Crippen LogP contribution in [0.2, 0.25) is 0 Å². The lowest BCUT2D eigenvalue weighted by molar-refractivity contribution is 0.0466. The molecule has 0 aromatic carbocycles. The van der Waals surface area contributed by atoms with Crippen molar-refractivity contribution in [3.05, 3.63) is 24.2 Å². The van der Waals surface area contributed by atoms with Crippen LogP contribution in [0.3, 0.4) is 0 Å². The van der Waals surface area contributed by atoms with Crippen molar-refractivity contribution in [2.45, 2.75) is 103 Å². The van der Waals surface area contributed by atoms with Gasteiger partial charge in [0.25, 0.3) is 0 Å². The van der Waals surface area contributed by atoms with Crippen LogP contribution in [-0.2, 0) is 4.74 Å². The van der Waals surface area contributed by atoms with E-state index in [4.69, 9.17) is 9.84 Å². The normalized spacial score (nSPS) is 32.3. The molecule has 3 heterocycles. The van der Waals surface area contributed by atoms with Crippen molar-refractivity contribution < 1.29 is 4.74 Å². The lowest BCUT2D eigenvalue weighted by atomic mass is 9.77. The average Bonchev–Trinajstić information content (AvgIpc) is 3.32. The first-order valence-electron chi connectivity index (χ1n) is 14.6. The molecule has 2 aromatic heterocycles. The number of fused-ring (bicyclic) bond motifs is 1. The molecule has 0 spiro atoms. The topological polar surface area (TPSA) is 43.2 Å². The minimum atomic E-state index is 0.492. The fraction of sp³-hybridized carbons (Fsp3) is 0.800. The molecule has 5 nitrogen and oxygen atoms in total. The predicted octanol–water partition coefficient (Wildman–Crippen LogP) is 6.80. The zero-order chi connectivity index (χ0) is 24.2. The molecular weight excluding hydrogens is 432 g/mol. The molecule has 3 aliphatic rings. The standard InChI is InChI=1S/C30H48N4O/c1-22-5-4-6-29(35-3)18-26(10-7-22)25-13-15-33(16-14-25)20-24-8-11-28(12-9-24)34-21-27-17-23(2)31-19-30(27)32-34/h17,19,21-22,24-26,28-29H,4-16,18,20H2,1-3H3. The lowest BCUT2D eigenvalue weighted by Gasteiger charge is -2.39. The number of piperidine rings is 1. The van der Waals surface area contributed by atoms with Crippen molar-refractivity contribution in [1.82, 2.24) is 19.7 Å². The number of rotatable bonds is 5. The molecule has 2 aromatic rings. The Morgan fingerprint density at radius 1 is 0.943 bits per heavy atom. The number of hydrogen-bond acceptors (Lipinski definition) is 4. The zero-order valence-corrected chi connectivity index (χ0v) is 22.5. The number of ether oxygens (including phenoxy) is 1. The molecule has 194 valence electrons. The molecule has 0 N–H and O–H groups in total. The van der Waals surface area contributed by atoms with Gasteiger partial charge >= 0.3 is 0 Å². The fourth-order valence-electron chi connectivity index (χ4n) is 7.36. The van der Waals surface area contributed by atoms with E-state index in [1.165, 1.54) is 102 Å². The summed E-state index contributed by atoms with van der Waals surface area (Å²) in [7, 11) is 1.94. The van der Waals surface area contributed by atoms with E-state index in [0.717, 1.165) is 34.9 Å². The number of aromatic nitrogens is 3. The summed E-state index contributed by atoms with van der Waals surface area (Å²) in [4.78, 5) is 7.21. The summed E-state index contributed by atoms with van der Waals surface area (Å²) in [6.45, 7) is 8.46. The largest absolute Gasteiger partial charge is 0.381 e. The summed E-state index contributed by atoms with van der Waals surface area (Å²) in [5, 5.41) is 6.07. The molecule has 5 rings (SSSR count). The zero-order valence-electron chi connectivity index (χ0n) is 22.5. The second-order valence-electron chi connectivity index (χ2n) is 12.3. The van der Waals surface area contributed by atoms with Gasteiger partial charge in [0.2, 0.25) is 0 Å². The minimum absolute atomic E-state index is 0.492. The van der Waals surface area contributed by atoms with Crippen LogP contribution in [0.5, 0.6) is 0 Å². The monoisotopic (exact) mass is 480 g/mol. The Bertz CT molecular complexity index is 926. The Kier molecular flexibility index (Phi) is 8.44. The molecule has 2 saturated carbocycles. The van der Waals surface area contributed by atoms with E-state index >= 15 is 0 Å². The number of methoxy groups -OCH3 is 1. The summed E-state index contributed by atoms with van der Waals surface area (Å²) >= 11 is 0. The predicted molar refractivity (Wildman–Crippen MR) is 144 cm³/mol. The Morgan fingerprint density at radius 3 is 2.51 bits per heavy atom. The molecule has 1 aliphatic heterocycles. The molecule has 35 heavy (non-hydrogen) atoms. The van der Waals surface area contributed by atoms with Gasteiger partial charge in [0.15, 0.2) is 0 Å². The molecule has 0 bridgehead atoms. The van der Waals surface area contributed by atoms with Crippen LogP contribution < -0.4 is 0 Å². The maximum Gasteiger partial charge on any atom is 0.111 e. The van der Waals surface area contributed by atoms with Crippen LogP contribution in [0, 0.1) is 30.6 Å². The van der Waals surface area contributed by atoms with Gasteiger partial charge in [-0.05, 0) is 108 Å². The van der Waals surface area contributed by atoms with E-state index < -0.39 is 0 Å². The molecule has 1 saturated heterocycles. The first-order valence-corrected chi connectivity index (χ1v) is 14.6. The second-order valence-corrected chi connectivity index (χ2v) is 12.3. The van der Waals surface area contributed by atoms with Gasteiger partial charge in [-0.2, -0.15) is 5.10 Å². The van der Waals surface area contributed by atoms with Gasteiger partial charge in [0.1, 0.15) is 5.52 Å². The summed E-state index contributed by atoms with van der Waals surface area (Å²) in [6.07, 6.45) is 20.8. The fourth-order valence-corrected chi connectivity index (χ4v) is 7.36. The SMILES string of the molecule is COC1CCCC(C)CCC(C2CCN(CC3CCC(n4cc5cc(C)ncc5n4)CC3)CC2)C1. The number of likely N-dealkylation sites (tertiary alicyclic amines) is 1. The van der Waals surface area contributed by atoms with Gasteiger partial charge in [-0.25, -0.2) is 0 Å². The van der Waals surface area contributed by atoms with Crippen LogP contribution in [0.4, 0.5) is 0 Å². The molecule has 3 unspecified atom stereocenters.